The molecule has 0 radical (unpaired) electrons. The first-order valence-electron chi connectivity index (χ1n) is 7.75. The van der Waals surface area contributed by atoms with E-state index in [1.54, 1.807) is 25.5 Å². The van der Waals surface area contributed by atoms with Gasteiger partial charge in [0.25, 0.3) is 0 Å². The monoisotopic (exact) mass is 331 g/mol. The Hall–Kier alpha value is -2.01. The summed E-state index contributed by atoms with van der Waals surface area (Å²) < 4.78 is 5.42. The summed E-state index contributed by atoms with van der Waals surface area (Å²) in [6.45, 7) is 5.82. The van der Waals surface area contributed by atoms with Crippen molar-refractivity contribution in [2.45, 2.75) is 26.8 Å². The van der Waals surface area contributed by atoms with Gasteiger partial charge < -0.3 is 15.4 Å². The molecule has 0 aliphatic heterocycles. The van der Waals surface area contributed by atoms with Gasteiger partial charge >= 0.3 is 0 Å². The van der Waals surface area contributed by atoms with E-state index in [-0.39, 0.29) is 0 Å². The van der Waals surface area contributed by atoms with Crippen molar-refractivity contribution in [3.63, 3.8) is 0 Å². The molecule has 0 amide bonds. The van der Waals surface area contributed by atoms with E-state index in [2.05, 4.69) is 53.7 Å². The lowest BCUT2D eigenvalue weighted by Gasteiger charge is -2.13. The molecule has 1 aromatic heterocycles. The number of benzene rings is 1. The van der Waals surface area contributed by atoms with Gasteiger partial charge in [-0.3, -0.25) is 4.99 Å². The smallest absolute Gasteiger partial charge is 0.191 e. The molecule has 0 bridgehead atoms. The maximum absolute atomic E-state index is 5.42. The first kappa shape index (κ1) is 17.3. The molecule has 0 aliphatic rings. The van der Waals surface area contributed by atoms with Crippen molar-refractivity contribution in [1.82, 2.24) is 10.6 Å². The molecule has 1 aromatic carbocycles. The average molecular weight is 331 g/mol. The predicted molar refractivity (Wildman–Crippen MR) is 98.7 cm³/mol. The number of thiophene rings is 1. The van der Waals surface area contributed by atoms with Crippen LogP contribution in [-0.4, -0.2) is 26.7 Å². The van der Waals surface area contributed by atoms with E-state index in [0.29, 0.717) is 0 Å². The van der Waals surface area contributed by atoms with Crippen LogP contribution in [0.5, 0.6) is 5.75 Å². The third-order valence-corrected chi connectivity index (χ3v) is 4.57. The molecule has 0 saturated carbocycles. The number of hydrogen-bond acceptors (Lipinski definition) is 3. The highest BCUT2D eigenvalue weighted by atomic mass is 32.1. The Morgan fingerprint density at radius 2 is 2.00 bits per heavy atom. The first-order valence-corrected chi connectivity index (χ1v) is 8.57. The van der Waals surface area contributed by atoms with Crippen LogP contribution in [0, 0.1) is 13.8 Å². The minimum absolute atomic E-state index is 0.798. The highest BCUT2D eigenvalue weighted by molar-refractivity contribution is 7.11. The fourth-order valence-electron chi connectivity index (χ4n) is 2.39. The Labute approximate surface area is 142 Å². The molecule has 23 heavy (non-hydrogen) atoms. The molecule has 1 heterocycles. The Bertz CT molecular complexity index is 664. The number of ether oxygens (including phenoxy) is 1. The van der Waals surface area contributed by atoms with Gasteiger partial charge in [-0.1, -0.05) is 17.7 Å². The standard InChI is InChI=1S/C18H25N3OS/c1-13-5-8-17(22-4)15(11-13)9-10-20-18(19-3)21-12-16-7-6-14(2)23-16/h5-8,11H,9-10,12H2,1-4H3,(H2,19,20,21). The van der Waals surface area contributed by atoms with Gasteiger partial charge in [-0.2, -0.15) is 0 Å². The van der Waals surface area contributed by atoms with E-state index in [1.165, 1.54) is 20.9 Å². The number of guanidine groups is 1. The zero-order chi connectivity index (χ0) is 16.7. The molecular weight excluding hydrogens is 306 g/mol. The molecular formula is C18H25N3OS. The number of aryl methyl sites for hydroxylation is 2. The van der Waals surface area contributed by atoms with Crippen molar-refractivity contribution >= 4 is 17.3 Å². The number of nitrogens with zero attached hydrogens (tertiary/aromatic N) is 1. The van der Waals surface area contributed by atoms with Crippen molar-refractivity contribution in [1.29, 1.82) is 0 Å². The van der Waals surface area contributed by atoms with Gasteiger partial charge in [0.1, 0.15) is 5.75 Å². The Morgan fingerprint density at radius 1 is 1.17 bits per heavy atom. The minimum Gasteiger partial charge on any atom is -0.496 e. The molecule has 4 nitrogen and oxygen atoms in total. The van der Waals surface area contributed by atoms with Crippen molar-refractivity contribution < 1.29 is 4.74 Å². The molecule has 0 fully saturated rings. The summed E-state index contributed by atoms with van der Waals surface area (Å²) in [6.07, 6.45) is 0.893. The molecule has 2 rings (SSSR count). The van der Waals surface area contributed by atoms with Gasteiger partial charge in [-0.15, -0.1) is 11.3 Å². The summed E-state index contributed by atoms with van der Waals surface area (Å²) in [5, 5.41) is 6.70. The molecule has 0 atom stereocenters. The summed E-state index contributed by atoms with van der Waals surface area (Å²) in [4.78, 5) is 6.91. The summed E-state index contributed by atoms with van der Waals surface area (Å²) in [5.41, 5.74) is 2.46. The van der Waals surface area contributed by atoms with Crippen LogP contribution in [0.1, 0.15) is 20.9 Å². The molecule has 0 aliphatic carbocycles. The van der Waals surface area contributed by atoms with Gasteiger partial charge in [0, 0.05) is 23.3 Å². The summed E-state index contributed by atoms with van der Waals surface area (Å²) in [6, 6.07) is 10.6. The van der Waals surface area contributed by atoms with E-state index in [1.807, 2.05) is 6.07 Å². The zero-order valence-corrected chi connectivity index (χ0v) is 15.1. The molecule has 2 N–H and O–H groups in total. The fraction of sp³-hybridized carbons (Fsp3) is 0.389. The highest BCUT2D eigenvalue weighted by Crippen LogP contribution is 2.19. The van der Waals surface area contributed by atoms with Crippen molar-refractivity contribution in [2.75, 3.05) is 20.7 Å². The molecule has 2 aromatic rings. The number of nitrogens with one attached hydrogen (secondary N) is 2. The molecule has 124 valence electrons. The lowest BCUT2D eigenvalue weighted by atomic mass is 10.1. The van der Waals surface area contributed by atoms with Crippen LogP contribution in [0.25, 0.3) is 0 Å². The lowest BCUT2D eigenvalue weighted by Crippen LogP contribution is -2.37. The maximum atomic E-state index is 5.42. The molecule has 5 heteroatoms. The number of rotatable bonds is 6. The number of hydrogen-bond donors (Lipinski definition) is 2. The topological polar surface area (TPSA) is 45.7 Å². The Balaban J connectivity index is 1.83. The van der Waals surface area contributed by atoms with E-state index in [0.717, 1.165) is 31.2 Å². The van der Waals surface area contributed by atoms with Gasteiger partial charge in [-0.05, 0) is 44.0 Å². The van der Waals surface area contributed by atoms with Crippen LogP contribution >= 0.6 is 11.3 Å². The Morgan fingerprint density at radius 3 is 2.65 bits per heavy atom. The molecule has 0 saturated heterocycles. The van der Waals surface area contributed by atoms with Crippen molar-refractivity contribution in [3.8, 4) is 5.75 Å². The minimum atomic E-state index is 0.798. The second-order valence-electron chi connectivity index (χ2n) is 5.43. The fourth-order valence-corrected chi connectivity index (χ4v) is 3.22. The highest BCUT2D eigenvalue weighted by Gasteiger charge is 2.04. The third-order valence-electron chi connectivity index (χ3n) is 3.57. The largest absolute Gasteiger partial charge is 0.496 e. The van der Waals surface area contributed by atoms with Gasteiger partial charge in [0.15, 0.2) is 5.96 Å². The zero-order valence-electron chi connectivity index (χ0n) is 14.3. The van der Waals surface area contributed by atoms with Crippen LogP contribution in [0.15, 0.2) is 35.3 Å². The van der Waals surface area contributed by atoms with Crippen LogP contribution in [0.3, 0.4) is 0 Å². The first-order chi connectivity index (χ1) is 11.1. The van der Waals surface area contributed by atoms with Gasteiger partial charge in [-0.25, -0.2) is 0 Å². The van der Waals surface area contributed by atoms with Crippen LogP contribution in [0.2, 0.25) is 0 Å². The quantitative estimate of drug-likeness (QED) is 0.631. The van der Waals surface area contributed by atoms with Gasteiger partial charge in [0.2, 0.25) is 0 Å². The number of aliphatic imine (C=N–C) groups is 1. The Kier molecular flexibility index (Phi) is 6.47. The maximum Gasteiger partial charge on any atom is 0.191 e. The summed E-state index contributed by atoms with van der Waals surface area (Å²) >= 11 is 1.81. The van der Waals surface area contributed by atoms with Crippen LogP contribution in [-0.2, 0) is 13.0 Å². The number of methoxy groups -OCH3 is 1. The summed E-state index contributed by atoms with van der Waals surface area (Å²) in [5.74, 6) is 1.76. The SMILES string of the molecule is CN=C(NCCc1cc(C)ccc1OC)NCc1ccc(C)s1. The van der Waals surface area contributed by atoms with E-state index in [4.69, 9.17) is 4.74 Å². The second-order valence-corrected chi connectivity index (χ2v) is 6.80. The normalized spacial score (nSPS) is 11.4. The summed E-state index contributed by atoms with van der Waals surface area (Å²) in [7, 11) is 3.51. The van der Waals surface area contributed by atoms with E-state index >= 15 is 0 Å². The molecule has 0 spiro atoms. The van der Waals surface area contributed by atoms with Crippen LogP contribution < -0.4 is 15.4 Å². The lowest BCUT2D eigenvalue weighted by molar-refractivity contribution is 0.409. The van der Waals surface area contributed by atoms with Crippen LogP contribution in [0.4, 0.5) is 0 Å². The van der Waals surface area contributed by atoms with Gasteiger partial charge in [0.05, 0.1) is 13.7 Å². The van der Waals surface area contributed by atoms with Crippen molar-refractivity contribution in [2.24, 2.45) is 4.99 Å². The second kappa shape index (κ2) is 8.58. The van der Waals surface area contributed by atoms with E-state index < -0.39 is 0 Å². The average Bonchev–Trinajstić information content (AvgIpc) is 2.96. The van der Waals surface area contributed by atoms with E-state index in [9.17, 15) is 0 Å². The van der Waals surface area contributed by atoms with Crippen molar-refractivity contribution in [3.05, 3.63) is 51.2 Å². The third kappa shape index (κ3) is 5.28. The molecule has 0 unspecified atom stereocenters. The predicted octanol–water partition coefficient (Wildman–Crippen LogP) is 3.28.